The Kier molecular flexibility index (Phi) is 4.11. The van der Waals surface area contributed by atoms with Crippen LogP contribution in [0.15, 0.2) is 24.3 Å². The van der Waals surface area contributed by atoms with Crippen molar-refractivity contribution in [2.45, 2.75) is 25.8 Å². The summed E-state index contributed by atoms with van der Waals surface area (Å²) in [6.07, 6.45) is -5.36. The molecule has 0 fully saturated rings. The van der Waals surface area contributed by atoms with Crippen molar-refractivity contribution in [3.8, 4) is 0 Å². The zero-order valence-corrected chi connectivity index (χ0v) is 8.99. The van der Waals surface area contributed by atoms with Crippen LogP contribution in [0.3, 0.4) is 0 Å². The van der Waals surface area contributed by atoms with E-state index in [0.29, 0.717) is 5.56 Å². The maximum atomic E-state index is 12.2. The molecule has 17 heavy (non-hydrogen) atoms. The van der Waals surface area contributed by atoms with E-state index in [9.17, 15) is 18.0 Å². The summed E-state index contributed by atoms with van der Waals surface area (Å²) in [6.45, 7) is 1.32. The molecule has 0 saturated carbocycles. The molecule has 1 unspecified atom stereocenters. The average molecular weight is 248 g/mol. The van der Waals surface area contributed by atoms with Crippen molar-refractivity contribution in [3.05, 3.63) is 35.4 Å². The van der Waals surface area contributed by atoms with Crippen LogP contribution in [0, 0.1) is 0 Å². The van der Waals surface area contributed by atoms with E-state index in [1.54, 1.807) is 0 Å². The highest BCUT2D eigenvalue weighted by Gasteiger charge is 2.29. The number of carboxylic acids is 1. The monoisotopic (exact) mass is 248 g/mol. The zero-order chi connectivity index (χ0) is 13.1. The number of ether oxygens (including phenoxy) is 1. The topological polar surface area (TPSA) is 46.5 Å². The van der Waals surface area contributed by atoms with E-state index in [-0.39, 0.29) is 6.61 Å². The molecule has 1 N–H and O–H groups in total. The van der Waals surface area contributed by atoms with E-state index >= 15 is 0 Å². The first kappa shape index (κ1) is 13.5. The van der Waals surface area contributed by atoms with Gasteiger partial charge in [-0.3, -0.25) is 0 Å². The van der Waals surface area contributed by atoms with Crippen LogP contribution in [-0.2, 0) is 22.3 Å². The molecular formula is C11H11F3O3. The lowest BCUT2D eigenvalue weighted by atomic mass is 10.1. The molecule has 0 bridgehead atoms. The van der Waals surface area contributed by atoms with Gasteiger partial charge in [-0.1, -0.05) is 12.1 Å². The van der Waals surface area contributed by atoms with Gasteiger partial charge in [0.05, 0.1) is 12.2 Å². The van der Waals surface area contributed by atoms with Gasteiger partial charge in [-0.15, -0.1) is 0 Å². The summed E-state index contributed by atoms with van der Waals surface area (Å²) >= 11 is 0. The molecule has 0 heterocycles. The van der Waals surface area contributed by atoms with Crippen molar-refractivity contribution in [3.63, 3.8) is 0 Å². The van der Waals surface area contributed by atoms with Gasteiger partial charge in [0.1, 0.15) is 0 Å². The minimum atomic E-state index is -4.37. The van der Waals surface area contributed by atoms with E-state index in [4.69, 9.17) is 9.84 Å². The molecule has 3 nitrogen and oxygen atoms in total. The molecule has 0 radical (unpaired) electrons. The number of aliphatic carboxylic acids is 1. The Labute approximate surface area is 95.8 Å². The number of alkyl halides is 3. The van der Waals surface area contributed by atoms with Crippen molar-refractivity contribution < 1.29 is 27.8 Å². The Bertz CT molecular complexity index is 384. The number of halogens is 3. The Morgan fingerprint density at radius 3 is 2.29 bits per heavy atom. The second-order valence-corrected chi connectivity index (χ2v) is 3.49. The summed E-state index contributed by atoms with van der Waals surface area (Å²) in [7, 11) is 0. The smallest absolute Gasteiger partial charge is 0.416 e. The highest BCUT2D eigenvalue weighted by atomic mass is 19.4. The van der Waals surface area contributed by atoms with Crippen molar-refractivity contribution in [1.29, 1.82) is 0 Å². The van der Waals surface area contributed by atoms with Crippen molar-refractivity contribution in [2.24, 2.45) is 0 Å². The molecule has 1 aromatic carbocycles. The van der Waals surface area contributed by atoms with E-state index in [1.807, 2.05) is 0 Å². The SMILES string of the molecule is CC(OCc1ccc(C(F)(F)F)cc1)C(=O)O. The van der Waals surface area contributed by atoms with Crippen LogP contribution in [0.5, 0.6) is 0 Å². The third kappa shape index (κ3) is 4.07. The van der Waals surface area contributed by atoms with E-state index in [0.717, 1.165) is 12.1 Å². The molecule has 94 valence electrons. The third-order valence-electron chi connectivity index (χ3n) is 2.13. The van der Waals surface area contributed by atoms with Gasteiger partial charge >= 0.3 is 12.1 Å². The number of hydrogen-bond acceptors (Lipinski definition) is 2. The minimum Gasteiger partial charge on any atom is -0.479 e. The predicted octanol–water partition coefficient (Wildman–Crippen LogP) is 2.70. The zero-order valence-electron chi connectivity index (χ0n) is 8.99. The molecule has 1 atom stereocenters. The number of hydrogen-bond donors (Lipinski definition) is 1. The molecule has 1 rings (SSSR count). The minimum absolute atomic E-state index is 0.0361. The van der Waals surface area contributed by atoms with Crippen molar-refractivity contribution in [2.75, 3.05) is 0 Å². The van der Waals surface area contributed by atoms with E-state index < -0.39 is 23.8 Å². The number of benzene rings is 1. The fraction of sp³-hybridized carbons (Fsp3) is 0.364. The highest BCUT2D eigenvalue weighted by Crippen LogP contribution is 2.29. The lowest BCUT2D eigenvalue weighted by Crippen LogP contribution is -2.19. The normalized spacial score (nSPS) is 13.4. The fourth-order valence-corrected chi connectivity index (χ4v) is 1.08. The molecule has 0 saturated heterocycles. The van der Waals surface area contributed by atoms with Crippen LogP contribution >= 0.6 is 0 Å². The van der Waals surface area contributed by atoms with Gasteiger partial charge < -0.3 is 9.84 Å². The largest absolute Gasteiger partial charge is 0.479 e. The molecule has 1 aromatic rings. The Balaban J connectivity index is 2.60. The second kappa shape index (κ2) is 5.18. The van der Waals surface area contributed by atoms with Gasteiger partial charge in [0, 0.05) is 0 Å². The van der Waals surface area contributed by atoms with Crippen LogP contribution in [-0.4, -0.2) is 17.2 Å². The lowest BCUT2D eigenvalue weighted by molar-refractivity contribution is -0.149. The summed E-state index contributed by atoms with van der Waals surface area (Å²) in [5.74, 6) is -1.11. The summed E-state index contributed by atoms with van der Waals surface area (Å²) in [6, 6.07) is 4.39. The van der Waals surface area contributed by atoms with Gasteiger partial charge in [-0.2, -0.15) is 13.2 Å². The van der Waals surface area contributed by atoms with Crippen molar-refractivity contribution in [1.82, 2.24) is 0 Å². The summed E-state index contributed by atoms with van der Waals surface area (Å²) in [5.41, 5.74) is -0.251. The molecule has 0 spiro atoms. The quantitative estimate of drug-likeness (QED) is 0.891. The van der Waals surface area contributed by atoms with Crippen LogP contribution in [0.2, 0.25) is 0 Å². The first-order chi connectivity index (χ1) is 7.80. The van der Waals surface area contributed by atoms with Gasteiger partial charge in [0.15, 0.2) is 6.10 Å². The summed E-state index contributed by atoms with van der Waals surface area (Å²) < 4.78 is 41.6. The molecular weight excluding hydrogens is 237 g/mol. The van der Waals surface area contributed by atoms with Crippen LogP contribution in [0.25, 0.3) is 0 Å². The number of carbonyl (C=O) groups is 1. The summed E-state index contributed by atoms with van der Waals surface area (Å²) in [4.78, 5) is 10.4. The Hall–Kier alpha value is -1.56. The van der Waals surface area contributed by atoms with Gasteiger partial charge in [0.2, 0.25) is 0 Å². The Morgan fingerprint density at radius 1 is 1.35 bits per heavy atom. The van der Waals surface area contributed by atoms with E-state index in [1.165, 1.54) is 19.1 Å². The second-order valence-electron chi connectivity index (χ2n) is 3.49. The Morgan fingerprint density at radius 2 is 1.88 bits per heavy atom. The van der Waals surface area contributed by atoms with Crippen LogP contribution < -0.4 is 0 Å². The molecule has 0 amide bonds. The maximum Gasteiger partial charge on any atom is 0.416 e. The standard InChI is InChI=1S/C11H11F3O3/c1-7(10(15)16)17-6-8-2-4-9(5-3-8)11(12,13)14/h2-5,7H,6H2,1H3,(H,15,16). The number of rotatable bonds is 4. The fourth-order valence-electron chi connectivity index (χ4n) is 1.08. The van der Waals surface area contributed by atoms with Gasteiger partial charge in [-0.05, 0) is 24.6 Å². The predicted molar refractivity (Wildman–Crippen MR) is 53.3 cm³/mol. The third-order valence-corrected chi connectivity index (χ3v) is 2.13. The first-order valence-corrected chi connectivity index (χ1v) is 4.81. The van der Waals surface area contributed by atoms with Crippen LogP contribution in [0.1, 0.15) is 18.1 Å². The molecule has 0 aliphatic heterocycles. The van der Waals surface area contributed by atoms with Crippen LogP contribution in [0.4, 0.5) is 13.2 Å². The highest BCUT2D eigenvalue weighted by molar-refractivity contribution is 5.71. The average Bonchev–Trinajstić information content (AvgIpc) is 2.25. The maximum absolute atomic E-state index is 12.2. The summed E-state index contributed by atoms with van der Waals surface area (Å²) in [5, 5.41) is 8.54. The first-order valence-electron chi connectivity index (χ1n) is 4.81. The van der Waals surface area contributed by atoms with Gasteiger partial charge in [-0.25, -0.2) is 4.79 Å². The van der Waals surface area contributed by atoms with Gasteiger partial charge in [0.25, 0.3) is 0 Å². The molecule has 0 aliphatic rings. The number of carboxylic acid groups (broad SMARTS) is 1. The molecule has 6 heteroatoms. The molecule has 0 aromatic heterocycles. The molecule has 0 aliphatic carbocycles. The lowest BCUT2D eigenvalue weighted by Gasteiger charge is -2.10. The van der Waals surface area contributed by atoms with Crippen molar-refractivity contribution >= 4 is 5.97 Å². The van der Waals surface area contributed by atoms with E-state index in [2.05, 4.69) is 0 Å².